The van der Waals surface area contributed by atoms with E-state index in [1.54, 1.807) is 0 Å². The Hall–Kier alpha value is -2.90. The monoisotopic (exact) mass is 418 g/mol. The molecule has 3 aliphatic rings. The van der Waals surface area contributed by atoms with E-state index in [-0.39, 0.29) is 6.79 Å². The zero-order chi connectivity index (χ0) is 20.6. The Balaban J connectivity index is 1.05. The molecule has 0 spiro atoms. The molecule has 3 aromatic rings. The van der Waals surface area contributed by atoms with Gasteiger partial charge in [0.1, 0.15) is 0 Å². The number of ether oxygens (including phenoxy) is 2. The topological polar surface area (TPSA) is 63.9 Å². The van der Waals surface area contributed by atoms with Crippen molar-refractivity contribution in [2.24, 2.45) is 0 Å². The molecule has 160 valence electrons. The Morgan fingerprint density at radius 2 is 1.77 bits per heavy atom. The van der Waals surface area contributed by atoms with Crippen LogP contribution in [0.4, 0.5) is 0 Å². The summed E-state index contributed by atoms with van der Waals surface area (Å²) in [4.78, 5) is 9.68. The van der Waals surface area contributed by atoms with Crippen LogP contribution in [-0.2, 0) is 19.4 Å². The summed E-state index contributed by atoms with van der Waals surface area (Å²) < 4.78 is 16.3. The minimum Gasteiger partial charge on any atom is -0.454 e. The van der Waals surface area contributed by atoms with Gasteiger partial charge >= 0.3 is 0 Å². The van der Waals surface area contributed by atoms with Crippen LogP contribution in [-0.4, -0.2) is 59.0 Å². The van der Waals surface area contributed by atoms with Crippen molar-refractivity contribution in [3.63, 3.8) is 0 Å². The van der Waals surface area contributed by atoms with E-state index in [4.69, 9.17) is 14.0 Å². The number of nitrogens with zero attached hydrogens (tertiary/aromatic N) is 4. The minimum absolute atomic E-state index is 0.260. The van der Waals surface area contributed by atoms with E-state index in [9.17, 15) is 0 Å². The van der Waals surface area contributed by atoms with E-state index >= 15 is 0 Å². The van der Waals surface area contributed by atoms with Gasteiger partial charge in [-0.15, -0.1) is 0 Å². The summed E-state index contributed by atoms with van der Waals surface area (Å²) in [7, 11) is 0. The summed E-state index contributed by atoms with van der Waals surface area (Å²) in [6, 6.07) is 15.3. The van der Waals surface area contributed by atoms with Crippen LogP contribution in [0.25, 0.3) is 11.4 Å². The molecule has 0 bridgehead atoms. The zero-order valence-corrected chi connectivity index (χ0v) is 17.5. The van der Waals surface area contributed by atoms with Crippen LogP contribution >= 0.6 is 0 Å². The Morgan fingerprint density at radius 1 is 0.935 bits per heavy atom. The number of benzene rings is 2. The molecule has 7 nitrogen and oxygen atoms in total. The highest BCUT2D eigenvalue weighted by molar-refractivity contribution is 5.61. The fraction of sp³-hybridized carbons (Fsp3) is 0.417. The van der Waals surface area contributed by atoms with Crippen molar-refractivity contribution in [3.8, 4) is 22.9 Å². The van der Waals surface area contributed by atoms with Crippen LogP contribution in [0.1, 0.15) is 23.4 Å². The molecule has 0 amide bonds. The molecule has 1 unspecified atom stereocenters. The van der Waals surface area contributed by atoms with Crippen molar-refractivity contribution in [3.05, 3.63) is 59.5 Å². The summed E-state index contributed by atoms with van der Waals surface area (Å²) >= 11 is 0. The van der Waals surface area contributed by atoms with Gasteiger partial charge in [0.15, 0.2) is 11.5 Å². The lowest BCUT2D eigenvalue weighted by molar-refractivity contribution is 0.0795. The zero-order valence-electron chi connectivity index (χ0n) is 17.5. The molecular formula is C24H26N4O3. The molecule has 6 rings (SSSR count). The Bertz CT molecular complexity index is 1070. The second-order valence-corrected chi connectivity index (χ2v) is 8.56. The molecule has 1 atom stereocenters. The Kier molecular flexibility index (Phi) is 4.85. The highest BCUT2D eigenvalue weighted by atomic mass is 16.7. The van der Waals surface area contributed by atoms with Crippen LogP contribution in [0.5, 0.6) is 11.5 Å². The highest BCUT2D eigenvalue weighted by Crippen LogP contribution is 2.35. The average Bonchev–Trinajstić information content (AvgIpc) is 3.48. The first-order valence-corrected chi connectivity index (χ1v) is 11.1. The van der Waals surface area contributed by atoms with Crippen LogP contribution in [0.15, 0.2) is 47.0 Å². The van der Waals surface area contributed by atoms with E-state index in [1.807, 2.05) is 18.2 Å². The molecule has 1 saturated heterocycles. The van der Waals surface area contributed by atoms with Crippen molar-refractivity contribution >= 4 is 0 Å². The van der Waals surface area contributed by atoms with Gasteiger partial charge in [-0.3, -0.25) is 9.80 Å². The lowest BCUT2D eigenvalue weighted by Crippen LogP contribution is -2.51. The minimum atomic E-state index is 0.260. The van der Waals surface area contributed by atoms with E-state index in [1.165, 1.54) is 30.4 Å². The van der Waals surface area contributed by atoms with Crippen LogP contribution in [0.3, 0.4) is 0 Å². The van der Waals surface area contributed by atoms with Gasteiger partial charge in [0, 0.05) is 37.8 Å². The maximum Gasteiger partial charge on any atom is 0.241 e. The van der Waals surface area contributed by atoms with Gasteiger partial charge in [-0.1, -0.05) is 29.4 Å². The van der Waals surface area contributed by atoms with Gasteiger partial charge in [-0.2, -0.15) is 4.98 Å². The predicted molar refractivity (Wildman–Crippen MR) is 115 cm³/mol. The third-order valence-corrected chi connectivity index (χ3v) is 6.70. The standard InChI is InChI=1S/C24H26N4O3/c1-2-4-18-13-20(7-5-17(18)3-1)28-11-9-27(10-12-28)15-23-25-24(26-31-23)19-6-8-21-22(14-19)30-16-29-21/h1-4,6,8,14,20H,5,7,9-13,15-16H2. The van der Waals surface area contributed by atoms with Gasteiger partial charge < -0.3 is 14.0 Å². The average molecular weight is 418 g/mol. The van der Waals surface area contributed by atoms with Gasteiger partial charge in [-0.25, -0.2) is 0 Å². The molecule has 0 saturated carbocycles. The molecular weight excluding hydrogens is 392 g/mol. The predicted octanol–water partition coefficient (Wildman–Crippen LogP) is 3.14. The Morgan fingerprint density at radius 3 is 2.68 bits per heavy atom. The second-order valence-electron chi connectivity index (χ2n) is 8.56. The van der Waals surface area contributed by atoms with Crippen LogP contribution in [0, 0.1) is 0 Å². The van der Waals surface area contributed by atoms with Crippen molar-refractivity contribution in [1.82, 2.24) is 19.9 Å². The molecule has 31 heavy (non-hydrogen) atoms. The molecule has 2 aliphatic heterocycles. The lowest BCUT2D eigenvalue weighted by Gasteiger charge is -2.40. The quantitative estimate of drug-likeness (QED) is 0.645. The Labute approximate surface area is 181 Å². The molecule has 1 aliphatic carbocycles. The lowest BCUT2D eigenvalue weighted by atomic mass is 9.87. The normalized spacial score (nSPS) is 21.2. The van der Waals surface area contributed by atoms with Gasteiger partial charge in [0.25, 0.3) is 0 Å². The van der Waals surface area contributed by atoms with E-state index in [0.29, 0.717) is 24.3 Å². The van der Waals surface area contributed by atoms with Crippen LogP contribution < -0.4 is 9.47 Å². The van der Waals surface area contributed by atoms with Crippen molar-refractivity contribution in [2.75, 3.05) is 33.0 Å². The first-order chi connectivity index (χ1) is 15.3. The van der Waals surface area contributed by atoms with E-state index < -0.39 is 0 Å². The molecule has 1 fully saturated rings. The van der Waals surface area contributed by atoms with Crippen molar-refractivity contribution in [2.45, 2.75) is 31.8 Å². The number of aromatic nitrogens is 2. The van der Waals surface area contributed by atoms with Gasteiger partial charge in [0.05, 0.1) is 6.54 Å². The number of fused-ring (bicyclic) bond motifs is 2. The molecule has 2 aromatic carbocycles. The van der Waals surface area contributed by atoms with Crippen LogP contribution in [0.2, 0.25) is 0 Å². The molecule has 3 heterocycles. The summed E-state index contributed by atoms with van der Waals surface area (Å²) in [5, 5.41) is 4.17. The molecule has 0 radical (unpaired) electrons. The number of aryl methyl sites for hydroxylation is 1. The summed E-state index contributed by atoms with van der Waals surface area (Å²) in [5.41, 5.74) is 3.94. The second kappa shape index (κ2) is 7.98. The first-order valence-electron chi connectivity index (χ1n) is 11.1. The highest BCUT2D eigenvalue weighted by Gasteiger charge is 2.28. The SMILES string of the molecule is c1ccc2c(c1)CCC(N1CCN(Cc3nc(-c4ccc5c(c4)OCO5)no3)CC1)C2. The molecule has 7 heteroatoms. The van der Waals surface area contributed by atoms with E-state index in [0.717, 1.165) is 43.2 Å². The van der Waals surface area contributed by atoms with Crippen molar-refractivity contribution < 1.29 is 14.0 Å². The molecule has 1 aromatic heterocycles. The van der Waals surface area contributed by atoms with Gasteiger partial charge in [-0.05, 0) is 48.6 Å². The first kappa shape index (κ1) is 18.8. The fourth-order valence-electron chi connectivity index (χ4n) is 4.94. The fourth-order valence-corrected chi connectivity index (χ4v) is 4.94. The maximum absolute atomic E-state index is 5.53. The number of hydrogen-bond acceptors (Lipinski definition) is 7. The summed E-state index contributed by atoms with van der Waals surface area (Å²) in [5.74, 6) is 2.73. The van der Waals surface area contributed by atoms with Gasteiger partial charge in [0.2, 0.25) is 18.5 Å². The summed E-state index contributed by atoms with van der Waals surface area (Å²) in [6.07, 6.45) is 3.64. The molecule has 0 N–H and O–H groups in total. The van der Waals surface area contributed by atoms with E-state index in [2.05, 4.69) is 44.2 Å². The third kappa shape index (κ3) is 3.79. The number of piperazine rings is 1. The third-order valence-electron chi connectivity index (χ3n) is 6.70. The number of rotatable bonds is 4. The largest absolute Gasteiger partial charge is 0.454 e. The summed E-state index contributed by atoms with van der Waals surface area (Å²) in [6.45, 7) is 5.19. The maximum atomic E-state index is 5.53. The number of hydrogen-bond donors (Lipinski definition) is 0. The van der Waals surface area contributed by atoms with Crippen molar-refractivity contribution in [1.29, 1.82) is 0 Å². The smallest absolute Gasteiger partial charge is 0.241 e.